The van der Waals surface area contributed by atoms with Gasteiger partial charge in [-0.25, -0.2) is 4.79 Å². The van der Waals surface area contributed by atoms with Crippen molar-refractivity contribution < 1.29 is 19.5 Å². The summed E-state index contributed by atoms with van der Waals surface area (Å²) in [5, 5.41) is 11.0. The Kier molecular flexibility index (Phi) is 3.62. The first-order chi connectivity index (χ1) is 6.59. The summed E-state index contributed by atoms with van der Waals surface area (Å²) in [6.45, 7) is 0. The van der Waals surface area contributed by atoms with Gasteiger partial charge in [-0.1, -0.05) is 0 Å². The van der Waals surface area contributed by atoms with E-state index in [2.05, 4.69) is 5.32 Å². The second kappa shape index (κ2) is 4.74. The zero-order chi connectivity index (χ0) is 10.6. The average Bonchev–Trinajstić information content (AvgIpc) is 2.17. The molecule has 1 heterocycles. The van der Waals surface area contributed by atoms with Gasteiger partial charge in [0.2, 0.25) is 5.91 Å². The second-order valence-corrected chi connectivity index (χ2v) is 3.41. The molecule has 1 atom stereocenters. The van der Waals surface area contributed by atoms with E-state index in [9.17, 15) is 14.4 Å². The summed E-state index contributed by atoms with van der Waals surface area (Å²) >= 11 is 0. The molecule has 0 radical (unpaired) electrons. The summed E-state index contributed by atoms with van der Waals surface area (Å²) in [5.41, 5.74) is 0. The fourth-order valence-corrected chi connectivity index (χ4v) is 1.40. The fraction of sp³-hybridized carbons (Fsp3) is 0.667. The van der Waals surface area contributed by atoms with E-state index < -0.39 is 12.0 Å². The topological polar surface area (TPSA) is 83.5 Å². The summed E-state index contributed by atoms with van der Waals surface area (Å²) in [6, 6.07) is -1.05. The van der Waals surface area contributed by atoms with E-state index in [1.165, 1.54) is 0 Å². The summed E-state index contributed by atoms with van der Waals surface area (Å²) in [7, 11) is 0. The number of carboxylic acid groups (broad SMARTS) is 1. The Morgan fingerprint density at radius 3 is 2.57 bits per heavy atom. The standard InChI is InChI=1S/C9H13NO4/c11-6-3-1-2-4-8(12)10-7(5-6)9(13)14/h7H,1-5H2,(H,10,12)(H,13,14)/t7-/m0/s1. The minimum atomic E-state index is -1.14. The van der Waals surface area contributed by atoms with Crippen LogP contribution in [-0.4, -0.2) is 28.8 Å². The van der Waals surface area contributed by atoms with Crippen molar-refractivity contribution >= 4 is 17.7 Å². The van der Waals surface area contributed by atoms with Gasteiger partial charge in [-0.2, -0.15) is 0 Å². The van der Waals surface area contributed by atoms with Crippen LogP contribution in [0, 0.1) is 0 Å². The van der Waals surface area contributed by atoms with Gasteiger partial charge in [0, 0.05) is 19.3 Å². The third kappa shape index (κ3) is 3.16. The Bertz CT molecular complexity index is 242. The SMILES string of the molecule is O=C1CCCCC(=O)N[C@H](C(=O)O)C1. The molecule has 1 saturated heterocycles. The van der Waals surface area contributed by atoms with Crippen molar-refractivity contribution in [1.29, 1.82) is 0 Å². The smallest absolute Gasteiger partial charge is 0.326 e. The maximum Gasteiger partial charge on any atom is 0.326 e. The van der Waals surface area contributed by atoms with Crippen LogP contribution in [0.25, 0.3) is 0 Å². The number of carbonyl (C=O) groups excluding carboxylic acids is 2. The van der Waals surface area contributed by atoms with E-state index in [4.69, 9.17) is 5.11 Å². The first-order valence-electron chi connectivity index (χ1n) is 4.63. The van der Waals surface area contributed by atoms with Crippen molar-refractivity contribution in [3.05, 3.63) is 0 Å². The van der Waals surface area contributed by atoms with Gasteiger partial charge in [-0.15, -0.1) is 0 Å². The minimum Gasteiger partial charge on any atom is -0.480 e. The summed E-state index contributed by atoms with van der Waals surface area (Å²) in [5.74, 6) is -1.53. The number of Topliss-reactive ketones (excluding diaryl/α,β-unsaturated/α-hetero) is 1. The van der Waals surface area contributed by atoms with Crippen LogP contribution in [0.5, 0.6) is 0 Å². The Labute approximate surface area is 81.5 Å². The van der Waals surface area contributed by atoms with Gasteiger partial charge in [0.25, 0.3) is 0 Å². The van der Waals surface area contributed by atoms with Gasteiger partial charge in [-0.05, 0) is 12.8 Å². The highest BCUT2D eigenvalue weighted by atomic mass is 16.4. The first kappa shape index (κ1) is 10.7. The third-order valence-corrected chi connectivity index (χ3v) is 2.17. The van der Waals surface area contributed by atoms with Crippen LogP contribution >= 0.6 is 0 Å². The zero-order valence-electron chi connectivity index (χ0n) is 7.78. The van der Waals surface area contributed by atoms with E-state index in [0.29, 0.717) is 25.7 Å². The number of carboxylic acids is 1. The molecule has 1 fully saturated rings. The first-order valence-corrected chi connectivity index (χ1v) is 4.63. The fourth-order valence-electron chi connectivity index (χ4n) is 1.40. The lowest BCUT2D eigenvalue weighted by molar-refractivity contribution is -0.143. The van der Waals surface area contributed by atoms with Crippen LogP contribution in [0.2, 0.25) is 0 Å². The highest BCUT2D eigenvalue weighted by Gasteiger charge is 2.23. The molecule has 0 saturated carbocycles. The number of nitrogens with one attached hydrogen (secondary N) is 1. The number of hydrogen-bond donors (Lipinski definition) is 2. The Hall–Kier alpha value is -1.39. The van der Waals surface area contributed by atoms with Crippen molar-refractivity contribution in [3.63, 3.8) is 0 Å². The molecule has 1 aliphatic heterocycles. The predicted molar refractivity (Wildman–Crippen MR) is 47.7 cm³/mol. The molecule has 0 unspecified atom stereocenters. The third-order valence-electron chi connectivity index (χ3n) is 2.17. The molecular formula is C9H13NO4. The number of hydrogen-bond acceptors (Lipinski definition) is 3. The molecule has 14 heavy (non-hydrogen) atoms. The van der Waals surface area contributed by atoms with Gasteiger partial charge in [0.05, 0.1) is 0 Å². The van der Waals surface area contributed by atoms with Crippen molar-refractivity contribution in [3.8, 4) is 0 Å². The molecule has 0 aromatic carbocycles. The largest absolute Gasteiger partial charge is 0.480 e. The Morgan fingerprint density at radius 2 is 1.93 bits per heavy atom. The Balaban J connectivity index is 2.66. The quantitative estimate of drug-likeness (QED) is 0.626. The lowest BCUT2D eigenvalue weighted by Crippen LogP contribution is -2.41. The summed E-state index contributed by atoms with van der Waals surface area (Å²) < 4.78 is 0. The van der Waals surface area contributed by atoms with E-state index >= 15 is 0 Å². The van der Waals surface area contributed by atoms with Crippen LogP contribution in [0.4, 0.5) is 0 Å². The molecule has 2 N–H and O–H groups in total. The molecule has 1 aliphatic rings. The summed E-state index contributed by atoms with van der Waals surface area (Å²) in [6.07, 6.45) is 1.89. The number of rotatable bonds is 1. The minimum absolute atomic E-state index is 0.0962. The Morgan fingerprint density at radius 1 is 1.29 bits per heavy atom. The molecule has 0 aromatic rings. The van der Waals surface area contributed by atoms with E-state index in [-0.39, 0.29) is 18.1 Å². The van der Waals surface area contributed by atoms with Crippen molar-refractivity contribution in [2.75, 3.05) is 0 Å². The zero-order valence-corrected chi connectivity index (χ0v) is 7.78. The average molecular weight is 199 g/mol. The monoisotopic (exact) mass is 199 g/mol. The molecule has 5 nitrogen and oxygen atoms in total. The normalized spacial score (nSPS) is 24.4. The number of amides is 1. The van der Waals surface area contributed by atoms with Gasteiger partial charge >= 0.3 is 5.97 Å². The van der Waals surface area contributed by atoms with Crippen LogP contribution in [-0.2, 0) is 14.4 Å². The summed E-state index contributed by atoms with van der Waals surface area (Å²) in [4.78, 5) is 33.0. The van der Waals surface area contributed by atoms with Gasteiger partial charge < -0.3 is 10.4 Å². The van der Waals surface area contributed by atoms with Crippen LogP contribution < -0.4 is 5.32 Å². The van der Waals surface area contributed by atoms with Gasteiger partial charge in [-0.3, -0.25) is 9.59 Å². The number of ketones is 1. The van der Waals surface area contributed by atoms with Crippen LogP contribution in [0.15, 0.2) is 0 Å². The van der Waals surface area contributed by atoms with E-state index in [1.807, 2.05) is 0 Å². The molecular weight excluding hydrogens is 186 g/mol. The van der Waals surface area contributed by atoms with Crippen molar-refractivity contribution in [1.82, 2.24) is 5.32 Å². The molecule has 78 valence electrons. The number of aliphatic carboxylic acids is 1. The van der Waals surface area contributed by atoms with Crippen LogP contribution in [0.3, 0.4) is 0 Å². The lowest BCUT2D eigenvalue weighted by atomic mass is 10.1. The van der Waals surface area contributed by atoms with Gasteiger partial charge in [0.1, 0.15) is 11.8 Å². The van der Waals surface area contributed by atoms with E-state index in [1.54, 1.807) is 0 Å². The lowest BCUT2D eigenvalue weighted by Gasteiger charge is -2.11. The molecule has 0 aliphatic carbocycles. The molecule has 0 aromatic heterocycles. The highest BCUT2D eigenvalue weighted by Crippen LogP contribution is 2.08. The van der Waals surface area contributed by atoms with Crippen LogP contribution in [0.1, 0.15) is 32.1 Å². The molecule has 0 bridgehead atoms. The highest BCUT2D eigenvalue weighted by molar-refractivity contribution is 5.89. The van der Waals surface area contributed by atoms with Crippen molar-refractivity contribution in [2.45, 2.75) is 38.1 Å². The predicted octanol–water partition coefficient (Wildman–Crippen LogP) is 0.0890. The molecule has 5 heteroatoms. The molecule has 1 amide bonds. The maximum atomic E-state index is 11.2. The van der Waals surface area contributed by atoms with Crippen molar-refractivity contribution in [2.24, 2.45) is 0 Å². The van der Waals surface area contributed by atoms with Gasteiger partial charge in [0.15, 0.2) is 0 Å². The molecule has 0 spiro atoms. The van der Waals surface area contributed by atoms with E-state index in [0.717, 1.165) is 0 Å². The molecule has 1 rings (SSSR count). The number of carbonyl (C=O) groups is 3. The second-order valence-electron chi connectivity index (χ2n) is 3.41. The maximum absolute atomic E-state index is 11.2.